The van der Waals surface area contributed by atoms with Crippen LogP contribution in [0.4, 0.5) is 5.82 Å². The van der Waals surface area contributed by atoms with Crippen LogP contribution in [0.1, 0.15) is 17.0 Å². The van der Waals surface area contributed by atoms with E-state index in [0.29, 0.717) is 18.1 Å². The van der Waals surface area contributed by atoms with Gasteiger partial charge in [0.05, 0.1) is 6.20 Å². The van der Waals surface area contributed by atoms with E-state index in [1.54, 1.807) is 6.07 Å². The predicted octanol–water partition coefficient (Wildman–Crippen LogP) is 1.61. The average Bonchev–Trinajstić information content (AvgIpc) is 2.68. The average molecular weight is 227 g/mol. The van der Waals surface area contributed by atoms with Crippen LogP contribution in [0, 0.1) is 18.3 Å². The van der Waals surface area contributed by atoms with Gasteiger partial charge in [-0.2, -0.15) is 10.4 Å². The quantitative estimate of drug-likeness (QED) is 0.865. The van der Waals surface area contributed by atoms with E-state index < -0.39 is 0 Å². The molecule has 17 heavy (non-hydrogen) atoms. The minimum atomic E-state index is 0.415. The van der Waals surface area contributed by atoms with Crippen LogP contribution < -0.4 is 5.32 Å². The Labute approximate surface area is 99.7 Å². The third kappa shape index (κ3) is 2.42. The lowest BCUT2D eigenvalue weighted by Crippen LogP contribution is -2.03. The first-order chi connectivity index (χ1) is 8.20. The lowest BCUT2D eigenvalue weighted by atomic mass is 10.2. The van der Waals surface area contributed by atoms with Crippen LogP contribution in [0.3, 0.4) is 0 Å². The molecule has 2 aromatic heterocycles. The second-order valence-electron chi connectivity index (χ2n) is 3.75. The van der Waals surface area contributed by atoms with Gasteiger partial charge in [0.25, 0.3) is 0 Å². The van der Waals surface area contributed by atoms with Crippen molar-refractivity contribution in [3.05, 3.63) is 41.3 Å². The Kier molecular flexibility index (Phi) is 3.06. The summed E-state index contributed by atoms with van der Waals surface area (Å²) < 4.78 is 1.83. The van der Waals surface area contributed by atoms with Gasteiger partial charge in [0.15, 0.2) is 0 Å². The SMILES string of the molecule is Cc1c(CNc2cccc(C#N)n2)cnn1C. The summed E-state index contributed by atoms with van der Waals surface area (Å²) in [6, 6.07) is 7.34. The molecule has 0 unspecified atom stereocenters. The molecular formula is C12H13N5. The van der Waals surface area contributed by atoms with E-state index in [1.807, 2.05) is 43.1 Å². The summed E-state index contributed by atoms with van der Waals surface area (Å²) in [5.41, 5.74) is 2.66. The van der Waals surface area contributed by atoms with Gasteiger partial charge in [-0.3, -0.25) is 4.68 Å². The number of nitriles is 1. The van der Waals surface area contributed by atoms with Crippen molar-refractivity contribution in [2.75, 3.05) is 5.32 Å². The first-order valence-electron chi connectivity index (χ1n) is 5.29. The van der Waals surface area contributed by atoms with Gasteiger partial charge in [0.2, 0.25) is 0 Å². The monoisotopic (exact) mass is 227 g/mol. The zero-order valence-electron chi connectivity index (χ0n) is 9.81. The summed E-state index contributed by atoms with van der Waals surface area (Å²) in [7, 11) is 1.91. The van der Waals surface area contributed by atoms with E-state index in [9.17, 15) is 0 Å². The minimum Gasteiger partial charge on any atom is -0.366 e. The van der Waals surface area contributed by atoms with Crippen LogP contribution in [0.25, 0.3) is 0 Å². The number of hydrogen-bond donors (Lipinski definition) is 1. The van der Waals surface area contributed by atoms with Gasteiger partial charge in [-0.1, -0.05) is 6.07 Å². The molecule has 2 aromatic rings. The van der Waals surface area contributed by atoms with E-state index in [1.165, 1.54) is 0 Å². The number of anilines is 1. The number of rotatable bonds is 3. The van der Waals surface area contributed by atoms with Crippen LogP contribution >= 0.6 is 0 Å². The van der Waals surface area contributed by atoms with Crippen molar-refractivity contribution in [2.24, 2.45) is 7.05 Å². The Morgan fingerprint density at radius 3 is 2.94 bits per heavy atom. The number of hydrogen-bond acceptors (Lipinski definition) is 4. The van der Waals surface area contributed by atoms with Gasteiger partial charge < -0.3 is 5.32 Å². The van der Waals surface area contributed by atoms with Crippen molar-refractivity contribution in [1.29, 1.82) is 5.26 Å². The van der Waals surface area contributed by atoms with Crippen molar-refractivity contribution in [3.8, 4) is 6.07 Å². The fourth-order valence-electron chi connectivity index (χ4n) is 1.50. The molecule has 0 spiro atoms. The van der Waals surface area contributed by atoms with Gasteiger partial charge in [0, 0.05) is 24.8 Å². The molecule has 0 aliphatic carbocycles. The van der Waals surface area contributed by atoms with Crippen molar-refractivity contribution < 1.29 is 0 Å². The summed E-state index contributed by atoms with van der Waals surface area (Å²) >= 11 is 0. The first-order valence-corrected chi connectivity index (χ1v) is 5.29. The number of nitrogens with zero attached hydrogens (tertiary/aromatic N) is 4. The highest BCUT2D eigenvalue weighted by molar-refractivity contribution is 5.39. The molecule has 0 saturated heterocycles. The summed E-state index contributed by atoms with van der Waals surface area (Å²) in [6.45, 7) is 2.67. The predicted molar refractivity (Wildman–Crippen MR) is 64.2 cm³/mol. The molecule has 2 rings (SSSR count). The molecule has 5 heteroatoms. The maximum atomic E-state index is 8.74. The largest absolute Gasteiger partial charge is 0.366 e. The van der Waals surface area contributed by atoms with Gasteiger partial charge in [-0.05, 0) is 19.1 Å². The lowest BCUT2D eigenvalue weighted by molar-refractivity contribution is 0.738. The molecule has 86 valence electrons. The zero-order chi connectivity index (χ0) is 12.3. The van der Waals surface area contributed by atoms with Gasteiger partial charge in [-0.25, -0.2) is 4.98 Å². The molecule has 0 aliphatic heterocycles. The molecule has 0 atom stereocenters. The fourth-order valence-corrected chi connectivity index (χ4v) is 1.50. The van der Waals surface area contributed by atoms with Crippen molar-refractivity contribution >= 4 is 5.82 Å². The highest BCUT2D eigenvalue weighted by Gasteiger charge is 2.03. The lowest BCUT2D eigenvalue weighted by Gasteiger charge is -2.05. The highest BCUT2D eigenvalue weighted by atomic mass is 15.3. The van der Waals surface area contributed by atoms with E-state index >= 15 is 0 Å². The van der Waals surface area contributed by atoms with Crippen molar-refractivity contribution in [3.63, 3.8) is 0 Å². The Bertz CT molecular complexity index is 565. The second-order valence-corrected chi connectivity index (χ2v) is 3.75. The zero-order valence-corrected chi connectivity index (χ0v) is 9.81. The molecule has 0 saturated carbocycles. The van der Waals surface area contributed by atoms with Gasteiger partial charge in [0.1, 0.15) is 17.6 Å². The highest BCUT2D eigenvalue weighted by Crippen LogP contribution is 2.09. The normalized spacial score (nSPS) is 9.94. The van der Waals surface area contributed by atoms with E-state index in [0.717, 1.165) is 11.3 Å². The van der Waals surface area contributed by atoms with Gasteiger partial charge in [-0.15, -0.1) is 0 Å². The summed E-state index contributed by atoms with van der Waals surface area (Å²) in [5, 5.41) is 16.1. The Hall–Kier alpha value is -2.35. The molecule has 0 fully saturated rings. The van der Waals surface area contributed by atoms with E-state index in [-0.39, 0.29) is 0 Å². The molecule has 0 bridgehead atoms. The Morgan fingerprint density at radius 1 is 1.47 bits per heavy atom. The smallest absolute Gasteiger partial charge is 0.142 e. The molecular weight excluding hydrogens is 214 g/mol. The van der Waals surface area contributed by atoms with Crippen LogP contribution in [0.15, 0.2) is 24.4 Å². The molecule has 0 radical (unpaired) electrons. The Morgan fingerprint density at radius 2 is 2.29 bits per heavy atom. The topological polar surface area (TPSA) is 66.5 Å². The molecule has 0 aliphatic rings. The minimum absolute atomic E-state index is 0.415. The number of pyridine rings is 1. The molecule has 0 amide bonds. The second kappa shape index (κ2) is 4.66. The van der Waals surface area contributed by atoms with Crippen LogP contribution in [0.5, 0.6) is 0 Å². The fraction of sp³-hybridized carbons (Fsp3) is 0.250. The standard InChI is InChI=1S/C12H13N5/c1-9-10(8-15-17(9)2)7-14-12-5-3-4-11(6-13)16-12/h3-5,8H,7H2,1-2H3,(H,14,16). The maximum Gasteiger partial charge on any atom is 0.142 e. The third-order valence-electron chi connectivity index (χ3n) is 2.66. The Balaban J connectivity index is 2.07. The van der Waals surface area contributed by atoms with E-state index in [4.69, 9.17) is 5.26 Å². The summed E-state index contributed by atoms with van der Waals surface area (Å²) in [5.74, 6) is 0.701. The van der Waals surface area contributed by atoms with Crippen LogP contribution in [-0.4, -0.2) is 14.8 Å². The number of aryl methyl sites for hydroxylation is 1. The molecule has 5 nitrogen and oxygen atoms in total. The molecule has 1 N–H and O–H groups in total. The first kappa shape index (κ1) is 11.1. The van der Waals surface area contributed by atoms with Gasteiger partial charge >= 0.3 is 0 Å². The summed E-state index contributed by atoms with van der Waals surface area (Å²) in [6.07, 6.45) is 1.83. The maximum absolute atomic E-state index is 8.74. The number of nitrogens with one attached hydrogen (secondary N) is 1. The molecule has 0 aromatic carbocycles. The number of aromatic nitrogens is 3. The van der Waals surface area contributed by atoms with Crippen LogP contribution in [-0.2, 0) is 13.6 Å². The van der Waals surface area contributed by atoms with Crippen molar-refractivity contribution in [2.45, 2.75) is 13.5 Å². The summed E-state index contributed by atoms with van der Waals surface area (Å²) in [4.78, 5) is 4.14. The van der Waals surface area contributed by atoms with E-state index in [2.05, 4.69) is 15.4 Å². The van der Waals surface area contributed by atoms with Crippen molar-refractivity contribution in [1.82, 2.24) is 14.8 Å². The molecule has 2 heterocycles. The third-order valence-corrected chi connectivity index (χ3v) is 2.66. The van der Waals surface area contributed by atoms with Crippen LogP contribution in [0.2, 0.25) is 0 Å².